The van der Waals surface area contributed by atoms with Crippen LogP contribution in [0.1, 0.15) is 16.1 Å². The Morgan fingerprint density at radius 2 is 2.21 bits per heavy atom. The van der Waals surface area contributed by atoms with Crippen LogP contribution in [0.25, 0.3) is 11.0 Å². The van der Waals surface area contributed by atoms with Crippen molar-refractivity contribution in [3.05, 3.63) is 42.0 Å². The first kappa shape index (κ1) is 11.8. The summed E-state index contributed by atoms with van der Waals surface area (Å²) in [5.41, 5.74) is 3.27. The molecular weight excluding hydrogens is 262 g/mol. The molecule has 0 radical (unpaired) electrons. The lowest BCUT2D eigenvalue weighted by Crippen LogP contribution is -2.24. The van der Waals surface area contributed by atoms with E-state index in [0.29, 0.717) is 12.2 Å². The second-order valence-corrected chi connectivity index (χ2v) is 4.69. The maximum absolute atomic E-state index is 11.9. The monoisotopic (exact) mass is 273 g/mol. The van der Waals surface area contributed by atoms with Crippen LogP contribution in [-0.2, 0) is 13.6 Å². The molecule has 0 saturated heterocycles. The van der Waals surface area contributed by atoms with Crippen molar-refractivity contribution in [1.29, 1.82) is 0 Å². The molecule has 0 bridgehead atoms. The Bertz CT molecular complexity index is 732. The molecule has 6 nitrogen and oxygen atoms in total. The lowest BCUT2D eigenvalue weighted by Gasteiger charge is -2.05. The van der Waals surface area contributed by atoms with Gasteiger partial charge in [0.15, 0.2) is 0 Å². The van der Waals surface area contributed by atoms with E-state index in [1.807, 2.05) is 18.2 Å². The predicted octanol–water partition coefficient (Wildman–Crippen LogP) is 1.35. The first-order chi connectivity index (χ1) is 9.24. The summed E-state index contributed by atoms with van der Waals surface area (Å²) in [5, 5.41) is 2.85. The van der Waals surface area contributed by atoms with Gasteiger partial charge in [0.2, 0.25) is 0 Å². The maximum atomic E-state index is 11.9. The van der Waals surface area contributed by atoms with Gasteiger partial charge in [-0.15, -0.1) is 0 Å². The van der Waals surface area contributed by atoms with E-state index >= 15 is 0 Å². The highest BCUT2D eigenvalue weighted by Crippen LogP contribution is 2.13. The number of hydrogen-bond acceptors (Lipinski definition) is 5. The molecule has 0 aliphatic heterocycles. The van der Waals surface area contributed by atoms with E-state index in [-0.39, 0.29) is 5.91 Å². The van der Waals surface area contributed by atoms with Crippen LogP contribution in [0.3, 0.4) is 0 Å². The van der Waals surface area contributed by atoms with Crippen LogP contribution < -0.4 is 5.32 Å². The fourth-order valence-electron chi connectivity index (χ4n) is 1.79. The zero-order valence-corrected chi connectivity index (χ0v) is 11.0. The first-order valence-electron chi connectivity index (χ1n) is 5.70. The van der Waals surface area contributed by atoms with Crippen LogP contribution in [0.5, 0.6) is 0 Å². The third-order valence-corrected chi connectivity index (χ3v) is 3.38. The fourth-order valence-corrected chi connectivity index (χ4v) is 2.30. The molecule has 1 aromatic carbocycles. The summed E-state index contributed by atoms with van der Waals surface area (Å²) in [6, 6.07) is 5.78. The summed E-state index contributed by atoms with van der Waals surface area (Å²) in [5.74, 6) is -0.142. The van der Waals surface area contributed by atoms with Gasteiger partial charge in [-0.25, -0.2) is 4.98 Å². The Morgan fingerprint density at radius 3 is 3.00 bits per heavy atom. The van der Waals surface area contributed by atoms with Gasteiger partial charge in [-0.1, -0.05) is 6.07 Å². The van der Waals surface area contributed by atoms with Crippen LogP contribution in [0, 0.1) is 0 Å². The number of imidazole rings is 1. The SMILES string of the molecule is Cn1cncc1C(=O)NCc1ccc2nsnc2c1. The molecule has 3 rings (SSSR count). The number of carbonyl (C=O) groups excluding carboxylic acids is 1. The molecule has 0 saturated carbocycles. The quantitative estimate of drug-likeness (QED) is 0.782. The number of carbonyl (C=O) groups is 1. The van der Waals surface area contributed by atoms with Gasteiger partial charge in [0.25, 0.3) is 5.91 Å². The minimum absolute atomic E-state index is 0.142. The smallest absolute Gasteiger partial charge is 0.269 e. The van der Waals surface area contributed by atoms with E-state index in [0.717, 1.165) is 16.6 Å². The number of fused-ring (bicyclic) bond motifs is 1. The van der Waals surface area contributed by atoms with E-state index in [1.165, 1.54) is 11.7 Å². The zero-order chi connectivity index (χ0) is 13.2. The molecule has 0 atom stereocenters. The van der Waals surface area contributed by atoms with Gasteiger partial charge in [0.1, 0.15) is 16.7 Å². The molecule has 7 heteroatoms. The molecule has 96 valence electrons. The number of benzene rings is 1. The molecule has 2 heterocycles. The predicted molar refractivity (Wildman–Crippen MR) is 71.8 cm³/mol. The summed E-state index contributed by atoms with van der Waals surface area (Å²) < 4.78 is 10.00. The largest absolute Gasteiger partial charge is 0.347 e. The normalized spacial score (nSPS) is 10.8. The van der Waals surface area contributed by atoms with Crippen molar-refractivity contribution in [1.82, 2.24) is 23.6 Å². The molecule has 2 aromatic heterocycles. The van der Waals surface area contributed by atoms with Crippen molar-refractivity contribution in [2.75, 3.05) is 0 Å². The second-order valence-electron chi connectivity index (χ2n) is 4.16. The lowest BCUT2D eigenvalue weighted by atomic mass is 10.2. The first-order valence-corrected chi connectivity index (χ1v) is 6.43. The van der Waals surface area contributed by atoms with Gasteiger partial charge >= 0.3 is 0 Å². The third kappa shape index (κ3) is 2.32. The summed E-state index contributed by atoms with van der Waals surface area (Å²) >= 11 is 1.19. The molecular formula is C12H11N5OS. The molecule has 0 spiro atoms. The molecule has 3 aromatic rings. The minimum Gasteiger partial charge on any atom is -0.347 e. The molecule has 0 unspecified atom stereocenters. The topological polar surface area (TPSA) is 72.7 Å². The summed E-state index contributed by atoms with van der Waals surface area (Å²) in [7, 11) is 1.79. The Morgan fingerprint density at radius 1 is 1.37 bits per heavy atom. The van der Waals surface area contributed by atoms with Gasteiger partial charge in [-0.3, -0.25) is 4.79 Å². The summed E-state index contributed by atoms with van der Waals surface area (Å²) in [6.07, 6.45) is 3.14. The maximum Gasteiger partial charge on any atom is 0.269 e. The van der Waals surface area contributed by atoms with E-state index in [1.54, 1.807) is 24.1 Å². The van der Waals surface area contributed by atoms with E-state index in [2.05, 4.69) is 19.0 Å². The highest BCUT2D eigenvalue weighted by molar-refractivity contribution is 7.00. The third-order valence-electron chi connectivity index (χ3n) is 2.82. The Kier molecular flexibility index (Phi) is 2.96. The molecule has 0 aliphatic carbocycles. The van der Waals surface area contributed by atoms with Gasteiger partial charge in [-0.05, 0) is 17.7 Å². The van der Waals surface area contributed by atoms with E-state index in [9.17, 15) is 4.79 Å². The Labute approximate surface area is 113 Å². The van der Waals surface area contributed by atoms with Crippen molar-refractivity contribution in [2.45, 2.75) is 6.54 Å². The average molecular weight is 273 g/mol. The summed E-state index contributed by atoms with van der Waals surface area (Å²) in [6.45, 7) is 0.456. The van der Waals surface area contributed by atoms with Gasteiger partial charge in [0.05, 0.1) is 24.3 Å². The zero-order valence-electron chi connectivity index (χ0n) is 10.2. The van der Waals surface area contributed by atoms with Gasteiger partial charge in [0, 0.05) is 13.6 Å². The molecule has 0 aliphatic rings. The van der Waals surface area contributed by atoms with E-state index < -0.39 is 0 Å². The van der Waals surface area contributed by atoms with Gasteiger partial charge in [-0.2, -0.15) is 8.75 Å². The highest BCUT2D eigenvalue weighted by atomic mass is 32.1. The Balaban J connectivity index is 1.72. The van der Waals surface area contributed by atoms with Crippen LogP contribution in [0.2, 0.25) is 0 Å². The lowest BCUT2D eigenvalue weighted by molar-refractivity contribution is 0.0943. The molecule has 1 N–H and O–H groups in total. The van der Waals surface area contributed by atoms with E-state index in [4.69, 9.17) is 0 Å². The standard InChI is InChI=1S/C12H11N5OS/c1-17-7-13-6-11(17)12(18)14-5-8-2-3-9-10(4-8)16-19-15-9/h2-4,6-7H,5H2,1H3,(H,14,18). The fraction of sp³-hybridized carbons (Fsp3) is 0.167. The molecule has 19 heavy (non-hydrogen) atoms. The van der Waals surface area contributed by atoms with Crippen molar-refractivity contribution >= 4 is 28.7 Å². The average Bonchev–Trinajstić information content (AvgIpc) is 3.03. The van der Waals surface area contributed by atoms with Crippen molar-refractivity contribution in [2.24, 2.45) is 7.05 Å². The van der Waals surface area contributed by atoms with Crippen LogP contribution in [0.4, 0.5) is 0 Å². The number of amides is 1. The van der Waals surface area contributed by atoms with Crippen molar-refractivity contribution < 1.29 is 4.79 Å². The number of aromatic nitrogens is 4. The summed E-state index contributed by atoms with van der Waals surface area (Å²) in [4.78, 5) is 15.8. The van der Waals surface area contributed by atoms with Crippen molar-refractivity contribution in [3.8, 4) is 0 Å². The highest BCUT2D eigenvalue weighted by Gasteiger charge is 2.09. The number of nitrogens with zero attached hydrogens (tertiary/aromatic N) is 4. The number of hydrogen-bond donors (Lipinski definition) is 1. The Hall–Kier alpha value is -2.28. The number of aryl methyl sites for hydroxylation is 1. The molecule has 0 fully saturated rings. The van der Waals surface area contributed by atoms with Crippen LogP contribution in [0.15, 0.2) is 30.7 Å². The molecule has 1 amide bonds. The van der Waals surface area contributed by atoms with Gasteiger partial charge < -0.3 is 9.88 Å². The van der Waals surface area contributed by atoms with Crippen molar-refractivity contribution in [3.63, 3.8) is 0 Å². The minimum atomic E-state index is -0.142. The number of nitrogens with one attached hydrogen (secondary N) is 1. The van der Waals surface area contributed by atoms with Crippen LogP contribution in [-0.4, -0.2) is 24.2 Å². The second kappa shape index (κ2) is 4.77. The van der Waals surface area contributed by atoms with Crippen LogP contribution >= 0.6 is 11.7 Å². The number of rotatable bonds is 3.